The van der Waals surface area contributed by atoms with E-state index in [0.717, 1.165) is 0 Å². The fraction of sp³-hybridized carbons (Fsp3) is 0.304. The van der Waals surface area contributed by atoms with Crippen molar-refractivity contribution in [3.63, 3.8) is 0 Å². The fourth-order valence-corrected chi connectivity index (χ4v) is 4.05. The highest BCUT2D eigenvalue weighted by Crippen LogP contribution is 2.60. The Labute approximate surface area is 213 Å². The van der Waals surface area contributed by atoms with Gasteiger partial charge < -0.3 is 10.1 Å². The molecule has 192 valence electrons. The molecule has 2 amide bonds. The number of hydrogen-bond acceptors (Lipinski definition) is 7. The summed E-state index contributed by atoms with van der Waals surface area (Å²) in [7, 11) is 1.53. The van der Waals surface area contributed by atoms with Crippen LogP contribution < -0.4 is 10.6 Å². The third-order valence-electron chi connectivity index (χ3n) is 5.90. The van der Waals surface area contributed by atoms with Gasteiger partial charge in [0.2, 0.25) is 5.91 Å². The number of alkyl halides is 3. The molecule has 37 heavy (non-hydrogen) atoms. The van der Waals surface area contributed by atoms with Crippen molar-refractivity contribution < 1.29 is 27.5 Å². The average molecular weight is 534 g/mol. The number of benzene rings is 1. The molecule has 1 fully saturated rings. The Balaban J connectivity index is 1.45. The summed E-state index contributed by atoms with van der Waals surface area (Å²) >= 11 is 6.15. The van der Waals surface area contributed by atoms with Gasteiger partial charge in [0, 0.05) is 17.6 Å². The first-order valence-electron chi connectivity index (χ1n) is 10.8. The van der Waals surface area contributed by atoms with Gasteiger partial charge in [0.05, 0.1) is 29.6 Å². The van der Waals surface area contributed by atoms with Crippen LogP contribution >= 0.6 is 11.6 Å². The number of ether oxygens (including phenoxy) is 1. The Bertz CT molecular complexity index is 1390. The van der Waals surface area contributed by atoms with E-state index in [9.17, 15) is 28.0 Å². The standard InChI is InChI=1S/C23H19ClF3N7O3/c1-12(14-5-3-4-6-15(14)24)37-21(36)31-19-18(32-33-34(19)2)16-8-7-13(10-29-16)30-20(35)22(11-28)9-17(22)23(25,26)27/h3-8,10,12,17H,9H2,1-2H3,(H,30,35)(H,31,36)/t12-,17?,22?/m1/s1. The normalized spacial score (nSPS) is 19.4. The number of nitriles is 1. The minimum Gasteiger partial charge on any atom is -0.441 e. The molecule has 3 aromatic rings. The Hall–Kier alpha value is -4.18. The lowest BCUT2D eigenvalue weighted by atomic mass is 10.0. The summed E-state index contributed by atoms with van der Waals surface area (Å²) < 4.78 is 45.6. The van der Waals surface area contributed by atoms with Gasteiger partial charge in [-0.15, -0.1) is 5.10 Å². The zero-order valence-corrected chi connectivity index (χ0v) is 20.1. The van der Waals surface area contributed by atoms with Gasteiger partial charge in [-0.05, 0) is 31.5 Å². The molecule has 2 unspecified atom stereocenters. The Morgan fingerprint density at radius 1 is 1.27 bits per heavy atom. The van der Waals surface area contributed by atoms with Gasteiger partial charge in [0.25, 0.3) is 0 Å². The zero-order valence-electron chi connectivity index (χ0n) is 19.4. The largest absolute Gasteiger partial charge is 0.441 e. The Morgan fingerprint density at radius 3 is 2.59 bits per heavy atom. The lowest BCUT2D eigenvalue weighted by Crippen LogP contribution is -2.29. The molecule has 2 heterocycles. The fourth-order valence-electron chi connectivity index (χ4n) is 3.76. The number of halogens is 4. The highest BCUT2D eigenvalue weighted by molar-refractivity contribution is 6.31. The van der Waals surface area contributed by atoms with Crippen LogP contribution in [0.3, 0.4) is 0 Å². The number of pyridine rings is 1. The topological polar surface area (TPSA) is 135 Å². The van der Waals surface area contributed by atoms with Crippen molar-refractivity contribution in [2.45, 2.75) is 25.6 Å². The molecule has 1 aliphatic rings. The minimum absolute atomic E-state index is 0.0857. The molecule has 0 bridgehead atoms. The molecule has 14 heteroatoms. The summed E-state index contributed by atoms with van der Waals surface area (Å²) in [5.41, 5.74) is -1.03. The van der Waals surface area contributed by atoms with Gasteiger partial charge in [0.15, 0.2) is 11.5 Å². The van der Waals surface area contributed by atoms with Crippen LogP contribution in [0.5, 0.6) is 0 Å². The molecule has 1 saturated carbocycles. The van der Waals surface area contributed by atoms with Crippen LogP contribution in [0.4, 0.5) is 29.5 Å². The van der Waals surface area contributed by atoms with E-state index in [1.54, 1.807) is 31.2 Å². The van der Waals surface area contributed by atoms with E-state index in [4.69, 9.17) is 16.3 Å². The number of amides is 2. The molecule has 2 N–H and O–H groups in total. The smallest absolute Gasteiger partial charge is 0.413 e. The van der Waals surface area contributed by atoms with Crippen molar-refractivity contribution in [3.8, 4) is 17.5 Å². The second-order valence-corrected chi connectivity index (χ2v) is 8.78. The second-order valence-electron chi connectivity index (χ2n) is 8.37. The van der Waals surface area contributed by atoms with E-state index in [0.29, 0.717) is 10.6 Å². The third kappa shape index (κ3) is 5.19. The summed E-state index contributed by atoms with van der Waals surface area (Å²) in [5, 5.41) is 22.3. The van der Waals surface area contributed by atoms with Crippen LogP contribution in [0.25, 0.3) is 11.4 Å². The molecular formula is C23H19ClF3N7O3. The van der Waals surface area contributed by atoms with Gasteiger partial charge in [-0.2, -0.15) is 18.4 Å². The molecule has 10 nitrogen and oxygen atoms in total. The van der Waals surface area contributed by atoms with Crippen molar-refractivity contribution in [1.29, 1.82) is 5.26 Å². The van der Waals surface area contributed by atoms with Gasteiger partial charge in [-0.3, -0.25) is 15.1 Å². The number of rotatable bonds is 6. The lowest BCUT2D eigenvalue weighted by Gasteiger charge is -2.15. The zero-order chi connectivity index (χ0) is 27.0. The molecule has 0 saturated heterocycles. The molecule has 0 aliphatic heterocycles. The number of anilines is 2. The number of hydrogen-bond donors (Lipinski definition) is 2. The summed E-state index contributed by atoms with van der Waals surface area (Å²) in [4.78, 5) is 29.0. The molecular weight excluding hydrogens is 515 g/mol. The Morgan fingerprint density at radius 2 is 2.00 bits per heavy atom. The van der Waals surface area contributed by atoms with Crippen LogP contribution in [0, 0.1) is 22.7 Å². The minimum atomic E-state index is -4.64. The number of nitrogens with zero attached hydrogens (tertiary/aromatic N) is 5. The van der Waals surface area contributed by atoms with E-state index in [1.165, 1.54) is 36.1 Å². The predicted octanol–water partition coefficient (Wildman–Crippen LogP) is 4.87. The van der Waals surface area contributed by atoms with Crippen LogP contribution in [0.1, 0.15) is 25.0 Å². The summed E-state index contributed by atoms with van der Waals surface area (Å²) in [6.45, 7) is 1.66. The monoisotopic (exact) mass is 533 g/mol. The lowest BCUT2D eigenvalue weighted by molar-refractivity contribution is -0.157. The molecule has 0 radical (unpaired) electrons. The summed E-state index contributed by atoms with van der Waals surface area (Å²) in [5.74, 6) is -2.90. The molecule has 4 rings (SSSR count). The third-order valence-corrected chi connectivity index (χ3v) is 6.24. The average Bonchev–Trinajstić information content (AvgIpc) is 3.53. The first kappa shape index (κ1) is 25.9. The summed E-state index contributed by atoms with van der Waals surface area (Å²) in [6.07, 6.45) is -5.49. The molecule has 0 spiro atoms. The van der Waals surface area contributed by atoms with Crippen LogP contribution in [0.2, 0.25) is 5.02 Å². The maximum Gasteiger partial charge on any atom is 0.413 e. The quantitative estimate of drug-likeness (QED) is 0.461. The van der Waals surface area contributed by atoms with E-state index >= 15 is 0 Å². The van der Waals surface area contributed by atoms with Gasteiger partial charge in [-0.1, -0.05) is 35.0 Å². The molecule has 1 aliphatic carbocycles. The molecule has 1 aromatic carbocycles. The first-order valence-corrected chi connectivity index (χ1v) is 11.2. The number of nitrogens with one attached hydrogen (secondary N) is 2. The van der Waals surface area contributed by atoms with Crippen LogP contribution in [0.15, 0.2) is 42.6 Å². The second kappa shape index (κ2) is 9.70. The van der Waals surface area contributed by atoms with Crippen LogP contribution in [-0.4, -0.2) is 38.2 Å². The van der Waals surface area contributed by atoms with E-state index in [1.807, 2.05) is 0 Å². The number of aromatic nitrogens is 4. The van der Waals surface area contributed by atoms with E-state index < -0.39 is 42.0 Å². The van der Waals surface area contributed by atoms with Gasteiger partial charge in [0.1, 0.15) is 11.5 Å². The van der Waals surface area contributed by atoms with Crippen molar-refractivity contribution in [2.75, 3.05) is 10.6 Å². The predicted molar refractivity (Wildman–Crippen MR) is 125 cm³/mol. The van der Waals surface area contributed by atoms with Gasteiger partial charge >= 0.3 is 12.3 Å². The maximum absolute atomic E-state index is 13.0. The van der Waals surface area contributed by atoms with Gasteiger partial charge in [-0.25, -0.2) is 9.48 Å². The Kier molecular flexibility index (Phi) is 6.79. The van der Waals surface area contributed by atoms with Crippen molar-refractivity contribution in [1.82, 2.24) is 20.0 Å². The van der Waals surface area contributed by atoms with E-state index in [2.05, 4.69) is 25.9 Å². The molecule has 2 aromatic heterocycles. The summed E-state index contributed by atoms with van der Waals surface area (Å²) in [6, 6.07) is 11.2. The van der Waals surface area contributed by atoms with Crippen molar-refractivity contribution in [2.24, 2.45) is 18.4 Å². The van der Waals surface area contributed by atoms with Crippen molar-refractivity contribution >= 4 is 35.1 Å². The number of carbonyl (C=O) groups excluding carboxylic acids is 2. The van der Waals surface area contributed by atoms with Crippen LogP contribution in [-0.2, 0) is 16.6 Å². The highest BCUT2D eigenvalue weighted by Gasteiger charge is 2.71. The molecule has 3 atom stereocenters. The maximum atomic E-state index is 13.0. The number of carbonyl (C=O) groups is 2. The number of aryl methyl sites for hydroxylation is 1. The highest BCUT2D eigenvalue weighted by atomic mass is 35.5. The van der Waals surface area contributed by atoms with E-state index in [-0.39, 0.29) is 22.9 Å². The SMILES string of the molecule is C[C@@H](OC(=O)Nc1c(-c2ccc(NC(=O)C3(C#N)CC3C(F)(F)F)cn2)nnn1C)c1ccccc1Cl. The first-order chi connectivity index (χ1) is 17.5. The van der Waals surface area contributed by atoms with Crippen molar-refractivity contribution in [3.05, 3.63) is 53.2 Å².